The SMILES string of the molecule is CCCCN(CCCC)CCO[Si](CCCS)(OCC)OCC. The molecule has 0 spiro atoms. The van der Waals surface area contributed by atoms with Crippen molar-refractivity contribution in [3.63, 3.8) is 0 Å². The summed E-state index contributed by atoms with van der Waals surface area (Å²) in [5, 5.41) is 0. The van der Waals surface area contributed by atoms with Crippen molar-refractivity contribution in [3.05, 3.63) is 0 Å². The summed E-state index contributed by atoms with van der Waals surface area (Å²) in [5.41, 5.74) is 0. The summed E-state index contributed by atoms with van der Waals surface area (Å²) in [6.45, 7) is 13.8. The maximum atomic E-state index is 6.22. The highest BCUT2D eigenvalue weighted by Gasteiger charge is 2.39. The monoisotopic (exact) mass is 365 g/mol. The molecule has 140 valence electrons. The maximum Gasteiger partial charge on any atom is 0.501 e. The van der Waals surface area contributed by atoms with Gasteiger partial charge < -0.3 is 18.2 Å². The Hall–Kier alpha value is 0.407. The summed E-state index contributed by atoms with van der Waals surface area (Å²) in [4.78, 5) is 2.52. The molecule has 0 aromatic carbocycles. The second-order valence-corrected chi connectivity index (χ2v) is 8.95. The van der Waals surface area contributed by atoms with Gasteiger partial charge in [-0.3, -0.25) is 0 Å². The quantitative estimate of drug-likeness (QED) is 0.309. The van der Waals surface area contributed by atoms with Crippen LogP contribution in [-0.2, 0) is 13.3 Å². The van der Waals surface area contributed by atoms with Gasteiger partial charge in [-0.25, -0.2) is 0 Å². The molecule has 0 unspecified atom stereocenters. The molecule has 0 radical (unpaired) electrons. The lowest BCUT2D eigenvalue weighted by atomic mass is 10.2. The van der Waals surface area contributed by atoms with E-state index in [1.165, 1.54) is 25.7 Å². The van der Waals surface area contributed by atoms with Gasteiger partial charge >= 0.3 is 8.80 Å². The fraction of sp³-hybridized carbons (Fsp3) is 1.00. The second kappa shape index (κ2) is 15.9. The fourth-order valence-corrected chi connectivity index (χ4v) is 5.54. The average molecular weight is 366 g/mol. The van der Waals surface area contributed by atoms with Crippen molar-refractivity contribution in [2.45, 2.75) is 65.8 Å². The predicted molar refractivity (Wildman–Crippen MR) is 104 cm³/mol. The van der Waals surface area contributed by atoms with Crippen LogP contribution in [0, 0.1) is 0 Å². The lowest BCUT2D eigenvalue weighted by Crippen LogP contribution is -2.47. The van der Waals surface area contributed by atoms with Crippen LogP contribution in [0.4, 0.5) is 0 Å². The molecule has 0 aliphatic rings. The summed E-state index contributed by atoms with van der Waals surface area (Å²) >= 11 is 4.32. The predicted octanol–water partition coefficient (Wildman–Crippen LogP) is 4.24. The molecule has 0 amide bonds. The summed E-state index contributed by atoms with van der Waals surface area (Å²) < 4.78 is 18.1. The average Bonchev–Trinajstić information content (AvgIpc) is 2.55. The van der Waals surface area contributed by atoms with E-state index in [4.69, 9.17) is 13.3 Å². The minimum Gasteiger partial charge on any atom is -0.374 e. The number of hydrogen-bond acceptors (Lipinski definition) is 5. The standard InChI is InChI=1S/C17H39NO3SSi/c1-5-9-12-18(13-10-6-2)14-15-21-23(19-7-3,20-8-4)17-11-16-22/h22H,5-17H2,1-4H3. The Kier molecular flexibility index (Phi) is 16.2. The Morgan fingerprint density at radius 3 is 1.78 bits per heavy atom. The van der Waals surface area contributed by atoms with Crippen LogP contribution in [0.15, 0.2) is 0 Å². The van der Waals surface area contributed by atoms with E-state index in [-0.39, 0.29) is 0 Å². The normalized spacial score (nSPS) is 12.3. The van der Waals surface area contributed by atoms with Crippen molar-refractivity contribution in [1.82, 2.24) is 4.90 Å². The summed E-state index contributed by atoms with van der Waals surface area (Å²) in [6.07, 6.45) is 5.96. The van der Waals surface area contributed by atoms with E-state index in [0.29, 0.717) is 19.8 Å². The van der Waals surface area contributed by atoms with Crippen LogP contribution >= 0.6 is 12.6 Å². The van der Waals surface area contributed by atoms with Gasteiger partial charge in [-0.15, -0.1) is 0 Å². The molecule has 23 heavy (non-hydrogen) atoms. The smallest absolute Gasteiger partial charge is 0.374 e. The minimum atomic E-state index is -2.52. The molecule has 0 aliphatic heterocycles. The first kappa shape index (κ1) is 23.4. The third kappa shape index (κ3) is 11.6. The molecule has 0 aliphatic carbocycles. The number of hydrogen-bond donors (Lipinski definition) is 1. The van der Waals surface area contributed by atoms with Crippen molar-refractivity contribution in [1.29, 1.82) is 0 Å². The first-order valence-electron chi connectivity index (χ1n) is 9.43. The number of nitrogens with zero attached hydrogens (tertiary/aromatic N) is 1. The highest BCUT2D eigenvalue weighted by Crippen LogP contribution is 2.18. The van der Waals surface area contributed by atoms with Crippen LogP contribution < -0.4 is 0 Å². The van der Waals surface area contributed by atoms with E-state index in [1.807, 2.05) is 13.8 Å². The molecule has 0 heterocycles. The molecule has 0 fully saturated rings. The van der Waals surface area contributed by atoms with Crippen molar-refractivity contribution < 1.29 is 13.3 Å². The largest absolute Gasteiger partial charge is 0.501 e. The van der Waals surface area contributed by atoms with Gasteiger partial charge in [-0.05, 0) is 52.0 Å². The van der Waals surface area contributed by atoms with Gasteiger partial charge in [-0.1, -0.05) is 26.7 Å². The van der Waals surface area contributed by atoms with Gasteiger partial charge in [0.1, 0.15) is 0 Å². The molecule has 4 nitrogen and oxygen atoms in total. The van der Waals surface area contributed by atoms with Gasteiger partial charge in [0, 0.05) is 25.8 Å². The van der Waals surface area contributed by atoms with E-state index in [1.54, 1.807) is 0 Å². The molecule has 0 aromatic rings. The zero-order valence-corrected chi connectivity index (χ0v) is 17.7. The minimum absolute atomic E-state index is 0.647. The van der Waals surface area contributed by atoms with E-state index < -0.39 is 8.80 Å². The third-order valence-corrected chi connectivity index (χ3v) is 7.14. The molecular weight excluding hydrogens is 326 g/mol. The molecule has 0 saturated carbocycles. The van der Waals surface area contributed by atoms with Crippen molar-refractivity contribution in [2.24, 2.45) is 0 Å². The molecule has 0 aromatic heterocycles. The fourth-order valence-electron chi connectivity index (χ4n) is 2.51. The second-order valence-electron chi connectivity index (χ2n) is 5.77. The first-order valence-corrected chi connectivity index (χ1v) is 12.0. The zero-order chi connectivity index (χ0) is 17.4. The van der Waals surface area contributed by atoms with Crippen LogP contribution in [-0.4, -0.2) is 58.9 Å². The molecule has 6 heteroatoms. The van der Waals surface area contributed by atoms with Gasteiger partial charge in [0.2, 0.25) is 0 Å². The van der Waals surface area contributed by atoms with Crippen molar-refractivity contribution in [3.8, 4) is 0 Å². The van der Waals surface area contributed by atoms with Crippen LogP contribution in [0.3, 0.4) is 0 Å². The van der Waals surface area contributed by atoms with Crippen LogP contribution in [0.25, 0.3) is 0 Å². The van der Waals surface area contributed by atoms with E-state index in [0.717, 1.165) is 37.9 Å². The summed E-state index contributed by atoms with van der Waals surface area (Å²) in [6, 6.07) is 0.863. The molecule has 0 atom stereocenters. The summed E-state index contributed by atoms with van der Waals surface area (Å²) in [7, 11) is -2.52. The molecule has 0 saturated heterocycles. The summed E-state index contributed by atoms with van der Waals surface area (Å²) in [5.74, 6) is 0.845. The molecule has 0 bridgehead atoms. The van der Waals surface area contributed by atoms with E-state index in [2.05, 4.69) is 31.4 Å². The Bertz CT molecular complexity index is 246. The number of thiol groups is 1. The Balaban J connectivity index is 4.46. The van der Waals surface area contributed by atoms with Crippen LogP contribution in [0.1, 0.15) is 59.8 Å². The van der Waals surface area contributed by atoms with Gasteiger partial charge in [-0.2, -0.15) is 12.6 Å². The van der Waals surface area contributed by atoms with Crippen LogP contribution in [0.2, 0.25) is 6.04 Å². The zero-order valence-electron chi connectivity index (χ0n) is 15.8. The van der Waals surface area contributed by atoms with Gasteiger partial charge in [0.25, 0.3) is 0 Å². The third-order valence-electron chi connectivity index (χ3n) is 3.75. The Morgan fingerprint density at radius 1 is 0.783 bits per heavy atom. The van der Waals surface area contributed by atoms with E-state index in [9.17, 15) is 0 Å². The highest BCUT2D eigenvalue weighted by atomic mass is 32.1. The first-order chi connectivity index (χ1) is 11.2. The lowest BCUT2D eigenvalue weighted by molar-refractivity contribution is 0.0579. The Morgan fingerprint density at radius 2 is 1.35 bits per heavy atom. The maximum absolute atomic E-state index is 6.22. The topological polar surface area (TPSA) is 30.9 Å². The Labute approximate surface area is 151 Å². The molecule has 0 rings (SSSR count). The van der Waals surface area contributed by atoms with Gasteiger partial charge in [0.15, 0.2) is 0 Å². The van der Waals surface area contributed by atoms with Gasteiger partial charge in [0.05, 0.1) is 6.61 Å². The van der Waals surface area contributed by atoms with Crippen LogP contribution in [0.5, 0.6) is 0 Å². The number of unbranched alkanes of at least 4 members (excludes halogenated alkanes) is 2. The molecule has 0 N–H and O–H groups in total. The lowest BCUT2D eigenvalue weighted by Gasteiger charge is -2.30. The van der Waals surface area contributed by atoms with E-state index >= 15 is 0 Å². The van der Waals surface area contributed by atoms with Crippen molar-refractivity contribution >= 4 is 21.4 Å². The number of rotatable bonds is 17. The van der Waals surface area contributed by atoms with Crippen molar-refractivity contribution in [2.75, 3.05) is 45.2 Å². The highest BCUT2D eigenvalue weighted by molar-refractivity contribution is 7.80. The molecular formula is C17H39NO3SSi.